The molecule has 2 fully saturated rings. The first kappa shape index (κ1) is 17.6. The van der Waals surface area contributed by atoms with Crippen LogP contribution >= 0.6 is 0 Å². The van der Waals surface area contributed by atoms with Crippen LogP contribution in [0, 0.1) is 20.8 Å². The number of imidazole rings is 1. The number of ether oxygens (including phenoxy) is 2. The fourth-order valence-electron chi connectivity index (χ4n) is 4.25. The van der Waals surface area contributed by atoms with Gasteiger partial charge in [-0.2, -0.15) is 0 Å². The summed E-state index contributed by atoms with van der Waals surface area (Å²) in [4.78, 5) is 7.53. The second-order valence-electron chi connectivity index (χ2n) is 8.01. The van der Waals surface area contributed by atoms with Gasteiger partial charge in [0.25, 0.3) is 0 Å². The molecule has 0 radical (unpaired) electrons. The van der Waals surface area contributed by atoms with Gasteiger partial charge < -0.3 is 18.9 Å². The van der Waals surface area contributed by atoms with Crippen LogP contribution in [-0.2, 0) is 4.74 Å². The summed E-state index contributed by atoms with van der Waals surface area (Å²) in [6.07, 6.45) is 1.28. The molecule has 0 unspecified atom stereocenters. The summed E-state index contributed by atoms with van der Waals surface area (Å²) >= 11 is 0. The Morgan fingerprint density at radius 1 is 1.04 bits per heavy atom. The molecule has 0 spiro atoms. The molecule has 0 aliphatic carbocycles. The highest BCUT2D eigenvalue weighted by atomic mass is 16.5. The standard InChI is InChI=1S/C23H27N3O2/c1-14-15(2)19(11-22(27-4)16(14)3)23-24-20-10-17(25-8-5-9-25)6-7-21(20)26(23)18-12-28-13-18/h6-7,10-11,18H,5,8-9,12-13H2,1-4H3. The van der Waals surface area contributed by atoms with Crippen LogP contribution in [0.5, 0.6) is 5.75 Å². The Kier molecular flexibility index (Phi) is 4.09. The maximum absolute atomic E-state index is 5.66. The average molecular weight is 377 g/mol. The number of methoxy groups -OCH3 is 1. The summed E-state index contributed by atoms with van der Waals surface area (Å²) in [5.41, 5.74) is 8.38. The topological polar surface area (TPSA) is 39.5 Å². The summed E-state index contributed by atoms with van der Waals surface area (Å²) in [5, 5.41) is 0. The number of hydrogen-bond donors (Lipinski definition) is 0. The zero-order chi connectivity index (χ0) is 19.4. The smallest absolute Gasteiger partial charge is 0.141 e. The van der Waals surface area contributed by atoms with Crippen LogP contribution in [0.1, 0.15) is 29.2 Å². The molecule has 0 N–H and O–H groups in total. The maximum atomic E-state index is 5.66. The normalized spacial score (nSPS) is 16.9. The van der Waals surface area contributed by atoms with Crippen molar-refractivity contribution in [3.63, 3.8) is 0 Å². The minimum absolute atomic E-state index is 0.335. The largest absolute Gasteiger partial charge is 0.496 e. The highest BCUT2D eigenvalue weighted by Crippen LogP contribution is 2.38. The van der Waals surface area contributed by atoms with Crippen molar-refractivity contribution in [2.45, 2.75) is 33.2 Å². The lowest BCUT2D eigenvalue weighted by atomic mass is 9.97. The van der Waals surface area contributed by atoms with E-state index in [1.54, 1.807) is 7.11 Å². The Morgan fingerprint density at radius 2 is 1.82 bits per heavy atom. The molecule has 5 heteroatoms. The molecule has 28 heavy (non-hydrogen) atoms. The molecule has 2 aliphatic rings. The Morgan fingerprint density at radius 3 is 2.43 bits per heavy atom. The van der Waals surface area contributed by atoms with E-state index in [1.807, 2.05) is 0 Å². The Labute approximate surface area is 165 Å². The van der Waals surface area contributed by atoms with Crippen LogP contribution in [0.4, 0.5) is 5.69 Å². The summed E-state index contributed by atoms with van der Waals surface area (Å²) in [6, 6.07) is 9.18. The van der Waals surface area contributed by atoms with Gasteiger partial charge in [0, 0.05) is 24.3 Å². The number of benzene rings is 2. The van der Waals surface area contributed by atoms with E-state index in [1.165, 1.54) is 34.3 Å². The van der Waals surface area contributed by atoms with Gasteiger partial charge in [0.05, 0.1) is 37.4 Å². The van der Waals surface area contributed by atoms with Crippen molar-refractivity contribution in [1.82, 2.24) is 9.55 Å². The van der Waals surface area contributed by atoms with Crippen molar-refractivity contribution in [3.8, 4) is 17.1 Å². The van der Waals surface area contributed by atoms with Crippen LogP contribution in [0.2, 0.25) is 0 Å². The lowest BCUT2D eigenvalue weighted by molar-refractivity contribution is -0.0209. The number of fused-ring (bicyclic) bond motifs is 1. The molecular formula is C23H27N3O2. The van der Waals surface area contributed by atoms with Gasteiger partial charge in [0.1, 0.15) is 11.6 Å². The van der Waals surface area contributed by atoms with Gasteiger partial charge >= 0.3 is 0 Å². The van der Waals surface area contributed by atoms with E-state index in [2.05, 4.69) is 54.5 Å². The number of anilines is 1. The van der Waals surface area contributed by atoms with Crippen molar-refractivity contribution in [1.29, 1.82) is 0 Å². The molecule has 1 aromatic heterocycles. The minimum atomic E-state index is 0.335. The van der Waals surface area contributed by atoms with E-state index in [0.717, 1.165) is 49.0 Å². The number of nitrogens with zero attached hydrogens (tertiary/aromatic N) is 3. The minimum Gasteiger partial charge on any atom is -0.496 e. The quantitative estimate of drug-likeness (QED) is 0.675. The van der Waals surface area contributed by atoms with Crippen LogP contribution < -0.4 is 9.64 Å². The molecule has 3 heterocycles. The lowest BCUT2D eigenvalue weighted by Gasteiger charge is -2.33. The van der Waals surface area contributed by atoms with Crippen LogP contribution in [0.15, 0.2) is 24.3 Å². The van der Waals surface area contributed by atoms with Crippen molar-refractivity contribution in [3.05, 3.63) is 41.0 Å². The molecule has 0 bridgehead atoms. The highest BCUT2D eigenvalue weighted by Gasteiger charge is 2.28. The summed E-state index contributed by atoms with van der Waals surface area (Å²) in [7, 11) is 1.74. The van der Waals surface area contributed by atoms with E-state index in [9.17, 15) is 0 Å². The predicted octanol–water partition coefficient (Wildman–Crippen LogP) is 4.42. The monoisotopic (exact) mass is 377 g/mol. The van der Waals surface area contributed by atoms with E-state index in [0.29, 0.717) is 6.04 Å². The van der Waals surface area contributed by atoms with Gasteiger partial charge in [-0.15, -0.1) is 0 Å². The van der Waals surface area contributed by atoms with Gasteiger partial charge in [-0.25, -0.2) is 4.98 Å². The van der Waals surface area contributed by atoms with Crippen molar-refractivity contribution in [2.75, 3.05) is 38.3 Å². The second-order valence-corrected chi connectivity index (χ2v) is 8.01. The Balaban J connectivity index is 1.73. The third-order valence-corrected chi connectivity index (χ3v) is 6.51. The van der Waals surface area contributed by atoms with Gasteiger partial charge in [0.2, 0.25) is 0 Å². The molecular weight excluding hydrogens is 350 g/mol. The van der Waals surface area contributed by atoms with Gasteiger partial charge in [-0.3, -0.25) is 0 Å². The lowest BCUT2D eigenvalue weighted by Crippen LogP contribution is -2.36. The molecule has 146 valence electrons. The predicted molar refractivity (Wildman–Crippen MR) is 113 cm³/mol. The van der Waals surface area contributed by atoms with E-state index < -0.39 is 0 Å². The fraction of sp³-hybridized carbons (Fsp3) is 0.435. The SMILES string of the molecule is COc1cc(-c2nc3cc(N4CCC4)ccc3n2C2COC2)c(C)c(C)c1C. The first-order chi connectivity index (χ1) is 13.6. The van der Waals surface area contributed by atoms with Gasteiger partial charge in [-0.1, -0.05) is 0 Å². The molecule has 2 aromatic carbocycles. The average Bonchev–Trinajstić information content (AvgIpc) is 2.96. The van der Waals surface area contributed by atoms with Crippen LogP contribution in [0.3, 0.4) is 0 Å². The van der Waals surface area contributed by atoms with E-state index in [-0.39, 0.29) is 0 Å². The molecule has 5 nitrogen and oxygen atoms in total. The van der Waals surface area contributed by atoms with Crippen LogP contribution in [-0.4, -0.2) is 43.0 Å². The first-order valence-corrected chi connectivity index (χ1v) is 10.1. The van der Waals surface area contributed by atoms with Crippen LogP contribution in [0.25, 0.3) is 22.4 Å². The van der Waals surface area contributed by atoms with Crippen molar-refractivity contribution in [2.24, 2.45) is 0 Å². The third kappa shape index (κ3) is 2.53. The highest BCUT2D eigenvalue weighted by molar-refractivity contribution is 5.85. The molecule has 2 aliphatic heterocycles. The zero-order valence-corrected chi connectivity index (χ0v) is 17.1. The third-order valence-electron chi connectivity index (χ3n) is 6.51. The molecule has 0 amide bonds. The van der Waals surface area contributed by atoms with Crippen molar-refractivity contribution < 1.29 is 9.47 Å². The Bertz CT molecular complexity index is 1060. The first-order valence-electron chi connectivity index (χ1n) is 10.1. The molecule has 0 saturated carbocycles. The molecule has 3 aromatic rings. The van der Waals surface area contributed by atoms with Gasteiger partial charge in [0.15, 0.2) is 0 Å². The molecule has 0 atom stereocenters. The number of hydrogen-bond acceptors (Lipinski definition) is 4. The summed E-state index contributed by atoms with van der Waals surface area (Å²) < 4.78 is 13.6. The van der Waals surface area contributed by atoms with E-state index >= 15 is 0 Å². The zero-order valence-electron chi connectivity index (χ0n) is 17.1. The molecule has 5 rings (SSSR count). The molecule has 2 saturated heterocycles. The van der Waals surface area contributed by atoms with E-state index in [4.69, 9.17) is 14.5 Å². The fourth-order valence-corrected chi connectivity index (χ4v) is 4.25. The second kappa shape index (κ2) is 6.52. The summed E-state index contributed by atoms with van der Waals surface area (Å²) in [5.74, 6) is 1.94. The number of rotatable bonds is 4. The summed E-state index contributed by atoms with van der Waals surface area (Å²) in [6.45, 7) is 10.2. The number of aromatic nitrogens is 2. The Hall–Kier alpha value is -2.53. The van der Waals surface area contributed by atoms with Crippen molar-refractivity contribution >= 4 is 16.7 Å². The van der Waals surface area contributed by atoms with Gasteiger partial charge in [-0.05, 0) is 68.1 Å². The maximum Gasteiger partial charge on any atom is 0.141 e.